The Morgan fingerprint density at radius 1 is 1.50 bits per heavy atom. The smallest absolute Gasteiger partial charge is 0.198 e. The van der Waals surface area contributed by atoms with Crippen LogP contribution in [0, 0.1) is 0 Å². The lowest BCUT2D eigenvalue weighted by Gasteiger charge is -2.25. The zero-order valence-electron chi connectivity index (χ0n) is 7.25. The van der Waals surface area contributed by atoms with E-state index in [2.05, 4.69) is 9.76 Å². The molecule has 1 rings (SSSR count). The third kappa shape index (κ3) is 3.08. The first-order valence-electron chi connectivity index (χ1n) is 4.31. The molecule has 1 fully saturated rings. The van der Waals surface area contributed by atoms with Crippen molar-refractivity contribution in [1.29, 1.82) is 0 Å². The average Bonchev–Trinajstić information content (AvgIpc) is 1.82. The molecule has 0 aliphatic heterocycles. The summed E-state index contributed by atoms with van der Waals surface area (Å²) in [6.45, 7) is 1.81. The van der Waals surface area contributed by atoms with Crippen LogP contribution in [-0.2, 0) is 14.4 Å². The van der Waals surface area contributed by atoms with Gasteiger partial charge in [-0.25, -0.2) is 0 Å². The van der Waals surface area contributed by atoms with Crippen LogP contribution in [0.1, 0.15) is 32.6 Å². The van der Waals surface area contributed by atoms with Crippen LogP contribution in [-0.4, -0.2) is 20.2 Å². The number of hydroxylamine groups is 1. The molecule has 0 atom stereocenters. The molecule has 0 amide bonds. The lowest BCUT2D eigenvalue weighted by atomic mass is 9.94. The van der Waals surface area contributed by atoms with Crippen LogP contribution in [0.5, 0.6) is 0 Å². The minimum absolute atomic E-state index is 0.0900. The van der Waals surface area contributed by atoms with Crippen molar-refractivity contribution in [3.8, 4) is 0 Å². The molecule has 1 N–H and O–H groups in total. The van der Waals surface area contributed by atoms with E-state index in [9.17, 15) is 8.42 Å². The molecule has 1 aliphatic rings. The Balaban J connectivity index is 2.20. The minimum atomic E-state index is -3.31. The monoisotopic (exact) mass is 193 g/mol. The zero-order chi connectivity index (χ0) is 9.03. The summed E-state index contributed by atoms with van der Waals surface area (Å²) in [4.78, 5) is 0. The lowest BCUT2D eigenvalue weighted by molar-refractivity contribution is 0.121. The molecule has 0 spiro atoms. The van der Waals surface area contributed by atoms with E-state index in [1.165, 1.54) is 0 Å². The standard InChI is InChI=1S/C7H15NO3S/c1-2-6-12(9,10)11-8-7-4-3-5-7/h7-8H,2-6H2,1H3. The van der Waals surface area contributed by atoms with Crippen molar-refractivity contribution < 1.29 is 12.7 Å². The number of hydrogen-bond donors (Lipinski definition) is 1. The molecule has 0 bridgehead atoms. The van der Waals surface area contributed by atoms with Crippen LogP contribution < -0.4 is 5.48 Å². The number of hydrogen-bond acceptors (Lipinski definition) is 4. The molecule has 0 aromatic rings. The lowest BCUT2D eigenvalue weighted by Crippen LogP contribution is -2.37. The summed E-state index contributed by atoms with van der Waals surface area (Å²) in [5.74, 6) is 0.0900. The summed E-state index contributed by atoms with van der Waals surface area (Å²) < 4.78 is 26.6. The van der Waals surface area contributed by atoms with E-state index in [1.54, 1.807) is 0 Å². The average molecular weight is 193 g/mol. The van der Waals surface area contributed by atoms with Gasteiger partial charge in [0.2, 0.25) is 0 Å². The highest BCUT2D eigenvalue weighted by Gasteiger charge is 2.20. The Morgan fingerprint density at radius 2 is 2.17 bits per heavy atom. The van der Waals surface area contributed by atoms with Crippen LogP contribution in [0.2, 0.25) is 0 Å². The van der Waals surface area contributed by atoms with Gasteiger partial charge in [-0.2, -0.15) is 18.2 Å². The van der Waals surface area contributed by atoms with Gasteiger partial charge >= 0.3 is 0 Å². The maximum Gasteiger partial charge on any atom is 0.283 e. The summed E-state index contributed by atoms with van der Waals surface area (Å²) in [6.07, 6.45) is 3.78. The summed E-state index contributed by atoms with van der Waals surface area (Å²) in [7, 11) is -3.31. The molecular formula is C7H15NO3S. The Kier molecular flexibility index (Phi) is 3.49. The molecule has 1 saturated carbocycles. The van der Waals surface area contributed by atoms with Gasteiger partial charge < -0.3 is 0 Å². The molecule has 12 heavy (non-hydrogen) atoms. The summed E-state index contributed by atoms with van der Waals surface area (Å²) >= 11 is 0. The molecule has 5 heteroatoms. The molecule has 0 heterocycles. The number of rotatable bonds is 5. The minimum Gasteiger partial charge on any atom is -0.198 e. The Bertz CT molecular complexity index is 221. The first-order chi connectivity index (χ1) is 5.64. The van der Waals surface area contributed by atoms with Crippen LogP contribution in [0.4, 0.5) is 0 Å². The van der Waals surface area contributed by atoms with Gasteiger partial charge in [0.25, 0.3) is 10.1 Å². The Labute approximate surface area is 73.4 Å². The van der Waals surface area contributed by atoms with E-state index in [-0.39, 0.29) is 11.8 Å². The molecule has 0 radical (unpaired) electrons. The van der Waals surface area contributed by atoms with E-state index in [0.717, 1.165) is 19.3 Å². The molecule has 0 aromatic carbocycles. The molecule has 0 aromatic heterocycles. The second-order valence-corrected chi connectivity index (χ2v) is 4.78. The van der Waals surface area contributed by atoms with Gasteiger partial charge in [-0.1, -0.05) is 13.3 Å². The number of nitrogens with one attached hydrogen (secondary N) is 1. The van der Waals surface area contributed by atoms with Gasteiger partial charge in [-0.05, 0) is 19.3 Å². The van der Waals surface area contributed by atoms with Gasteiger partial charge in [-0.3, -0.25) is 0 Å². The van der Waals surface area contributed by atoms with Crippen molar-refractivity contribution in [3.05, 3.63) is 0 Å². The fourth-order valence-corrected chi connectivity index (χ4v) is 1.83. The Hall–Kier alpha value is -0.130. The van der Waals surface area contributed by atoms with Crippen molar-refractivity contribution in [2.24, 2.45) is 0 Å². The van der Waals surface area contributed by atoms with Crippen molar-refractivity contribution in [1.82, 2.24) is 5.48 Å². The molecule has 72 valence electrons. The van der Waals surface area contributed by atoms with Crippen molar-refractivity contribution in [2.45, 2.75) is 38.6 Å². The summed E-state index contributed by atoms with van der Waals surface area (Å²) in [5, 5.41) is 0. The quantitative estimate of drug-likeness (QED) is 0.656. The predicted octanol–water partition coefficient (Wildman–Crippen LogP) is 0.800. The van der Waals surface area contributed by atoms with Crippen molar-refractivity contribution in [3.63, 3.8) is 0 Å². The molecular weight excluding hydrogens is 178 g/mol. The third-order valence-electron chi connectivity index (χ3n) is 1.90. The fourth-order valence-electron chi connectivity index (χ4n) is 0.959. The fraction of sp³-hybridized carbons (Fsp3) is 1.00. The topological polar surface area (TPSA) is 55.4 Å². The molecule has 0 saturated heterocycles. The SMILES string of the molecule is CCCS(=O)(=O)ONC1CCC1. The molecule has 0 unspecified atom stereocenters. The Morgan fingerprint density at radius 3 is 2.58 bits per heavy atom. The van der Waals surface area contributed by atoms with E-state index in [4.69, 9.17) is 0 Å². The van der Waals surface area contributed by atoms with Crippen LogP contribution >= 0.6 is 0 Å². The van der Waals surface area contributed by atoms with Crippen molar-refractivity contribution >= 4 is 10.1 Å². The van der Waals surface area contributed by atoms with E-state index < -0.39 is 10.1 Å². The highest BCUT2D eigenvalue weighted by atomic mass is 32.2. The van der Waals surface area contributed by atoms with Crippen LogP contribution in [0.25, 0.3) is 0 Å². The van der Waals surface area contributed by atoms with Gasteiger partial charge in [0.1, 0.15) is 0 Å². The maximum absolute atomic E-state index is 11.0. The first kappa shape index (κ1) is 9.95. The normalized spacial score (nSPS) is 19.1. The molecule has 4 nitrogen and oxygen atoms in total. The second-order valence-electron chi connectivity index (χ2n) is 3.09. The highest BCUT2D eigenvalue weighted by molar-refractivity contribution is 7.86. The van der Waals surface area contributed by atoms with Crippen molar-refractivity contribution in [2.75, 3.05) is 5.75 Å². The van der Waals surface area contributed by atoms with E-state index >= 15 is 0 Å². The largest absolute Gasteiger partial charge is 0.283 e. The van der Waals surface area contributed by atoms with Gasteiger partial charge in [0, 0.05) is 6.04 Å². The summed E-state index contributed by atoms with van der Waals surface area (Å²) in [5.41, 5.74) is 2.56. The summed E-state index contributed by atoms with van der Waals surface area (Å²) in [6, 6.07) is 0.247. The predicted molar refractivity (Wildman–Crippen MR) is 45.9 cm³/mol. The zero-order valence-corrected chi connectivity index (χ0v) is 8.06. The van der Waals surface area contributed by atoms with Gasteiger partial charge in [0.15, 0.2) is 0 Å². The van der Waals surface area contributed by atoms with Crippen LogP contribution in [0.15, 0.2) is 0 Å². The maximum atomic E-state index is 11.0. The first-order valence-corrected chi connectivity index (χ1v) is 5.88. The van der Waals surface area contributed by atoms with Gasteiger partial charge in [-0.15, -0.1) is 0 Å². The van der Waals surface area contributed by atoms with Crippen LogP contribution in [0.3, 0.4) is 0 Å². The van der Waals surface area contributed by atoms with E-state index in [1.807, 2.05) is 6.92 Å². The van der Waals surface area contributed by atoms with Gasteiger partial charge in [0.05, 0.1) is 5.75 Å². The van der Waals surface area contributed by atoms with E-state index in [0.29, 0.717) is 6.42 Å². The molecule has 1 aliphatic carbocycles. The third-order valence-corrected chi connectivity index (χ3v) is 3.16. The second kappa shape index (κ2) is 4.20. The highest BCUT2D eigenvalue weighted by Crippen LogP contribution is 2.18.